The molecule has 0 aliphatic rings. The molecule has 0 unspecified atom stereocenters. The van der Waals surface area contributed by atoms with Gasteiger partial charge >= 0.3 is 5.97 Å². The fourth-order valence-corrected chi connectivity index (χ4v) is 0.946. The first-order chi connectivity index (χ1) is 7.26. The van der Waals surface area contributed by atoms with Gasteiger partial charge in [-0.3, -0.25) is 4.84 Å². The number of carbonyl (C=O) groups excluding carboxylic acids is 1. The third kappa shape index (κ3) is 3.60. The molecule has 15 heavy (non-hydrogen) atoms. The number of nitrogens with zero attached hydrogens (tertiary/aromatic N) is 1. The van der Waals surface area contributed by atoms with E-state index in [4.69, 9.17) is 4.74 Å². The van der Waals surface area contributed by atoms with Gasteiger partial charge in [-0.2, -0.15) is 0 Å². The summed E-state index contributed by atoms with van der Waals surface area (Å²) in [4.78, 5) is 24.1. The van der Waals surface area contributed by atoms with Crippen LogP contribution >= 0.6 is 0 Å². The van der Waals surface area contributed by atoms with Crippen LogP contribution in [0.3, 0.4) is 0 Å². The van der Waals surface area contributed by atoms with Gasteiger partial charge in [-0.1, -0.05) is 12.1 Å². The van der Waals surface area contributed by atoms with Crippen LogP contribution in [0.15, 0.2) is 35.7 Å². The lowest BCUT2D eigenvalue weighted by Crippen LogP contribution is -1.92. The van der Waals surface area contributed by atoms with Crippen LogP contribution in [0.4, 0.5) is 0 Å². The monoisotopic (exact) mass is 207 g/mol. The van der Waals surface area contributed by atoms with Crippen LogP contribution in [0.2, 0.25) is 0 Å². The van der Waals surface area contributed by atoms with Crippen molar-refractivity contribution in [3.05, 3.63) is 40.8 Å². The van der Waals surface area contributed by atoms with Gasteiger partial charge in [-0.15, -0.1) is 4.91 Å². The van der Waals surface area contributed by atoms with Gasteiger partial charge in [0.25, 0.3) is 0 Å². The fourth-order valence-electron chi connectivity index (χ4n) is 0.946. The zero-order valence-electron chi connectivity index (χ0n) is 8.04. The number of benzene rings is 1. The van der Waals surface area contributed by atoms with E-state index in [1.54, 1.807) is 31.4 Å². The molecule has 0 bridgehead atoms. The minimum Gasteiger partial charge on any atom is -0.497 e. The highest BCUT2D eigenvalue weighted by molar-refractivity contribution is 5.86. The molecule has 0 aromatic heterocycles. The maximum Gasteiger partial charge on any atom is 0.362 e. The average molecular weight is 207 g/mol. The maximum atomic E-state index is 10.7. The Morgan fingerprint density at radius 3 is 2.53 bits per heavy atom. The third-order valence-corrected chi connectivity index (χ3v) is 1.65. The summed E-state index contributed by atoms with van der Waals surface area (Å²) >= 11 is 0. The summed E-state index contributed by atoms with van der Waals surface area (Å²) in [6.07, 6.45) is 2.62. The molecular weight excluding hydrogens is 198 g/mol. The first-order valence-corrected chi connectivity index (χ1v) is 4.12. The highest BCUT2D eigenvalue weighted by atomic mass is 16.7. The molecule has 5 nitrogen and oxygen atoms in total. The Hall–Kier alpha value is -2.17. The lowest BCUT2D eigenvalue weighted by Gasteiger charge is -1.98. The van der Waals surface area contributed by atoms with Crippen molar-refractivity contribution in [2.75, 3.05) is 7.11 Å². The number of ether oxygens (including phenoxy) is 1. The van der Waals surface area contributed by atoms with Crippen molar-refractivity contribution in [3.63, 3.8) is 0 Å². The van der Waals surface area contributed by atoms with E-state index >= 15 is 0 Å². The van der Waals surface area contributed by atoms with Crippen LogP contribution < -0.4 is 4.74 Å². The van der Waals surface area contributed by atoms with Crippen molar-refractivity contribution in [2.45, 2.75) is 0 Å². The van der Waals surface area contributed by atoms with Gasteiger partial charge in [-0.05, 0) is 23.8 Å². The first kappa shape index (κ1) is 10.9. The normalized spacial score (nSPS) is 9.93. The number of methoxy groups -OCH3 is 1. The predicted molar refractivity (Wildman–Crippen MR) is 53.9 cm³/mol. The molecule has 0 heterocycles. The topological polar surface area (TPSA) is 65.0 Å². The molecule has 1 aromatic carbocycles. The molecule has 0 N–H and O–H groups in total. The average Bonchev–Trinajstić information content (AvgIpc) is 2.27. The van der Waals surface area contributed by atoms with Crippen LogP contribution in [0, 0.1) is 4.91 Å². The number of carbonyl (C=O) groups is 1. The van der Waals surface area contributed by atoms with Crippen molar-refractivity contribution in [2.24, 2.45) is 5.34 Å². The second-order valence-corrected chi connectivity index (χ2v) is 2.59. The summed E-state index contributed by atoms with van der Waals surface area (Å²) in [5.74, 6) is -0.0786. The standard InChI is InChI=1S/C10H9NO4/c1-14-9-5-2-8(3-6-9)4-7-10(12)15-11-13/h2-7H,1H3/b7-4+. The molecule has 5 heteroatoms. The molecule has 0 spiro atoms. The van der Waals surface area contributed by atoms with E-state index in [-0.39, 0.29) is 0 Å². The molecule has 0 amide bonds. The van der Waals surface area contributed by atoms with Gasteiger partial charge in [-0.25, -0.2) is 4.79 Å². The van der Waals surface area contributed by atoms with E-state index in [2.05, 4.69) is 4.84 Å². The SMILES string of the molecule is COc1ccc(/C=C/C(=O)ON=O)cc1. The molecule has 0 radical (unpaired) electrons. The molecule has 0 atom stereocenters. The maximum absolute atomic E-state index is 10.7. The van der Waals surface area contributed by atoms with Gasteiger partial charge < -0.3 is 4.74 Å². The number of hydrogen-bond donors (Lipinski definition) is 0. The minimum atomic E-state index is -0.805. The minimum absolute atomic E-state index is 0.726. The molecular formula is C10H9NO4. The Bertz CT molecular complexity index is 370. The van der Waals surface area contributed by atoms with Gasteiger partial charge in [0.1, 0.15) is 5.75 Å². The fraction of sp³-hybridized carbons (Fsp3) is 0.100. The Morgan fingerprint density at radius 1 is 1.33 bits per heavy atom. The number of rotatable bonds is 4. The lowest BCUT2D eigenvalue weighted by atomic mass is 10.2. The second kappa shape index (κ2) is 5.54. The van der Waals surface area contributed by atoms with Crippen molar-refractivity contribution in [1.82, 2.24) is 0 Å². The van der Waals surface area contributed by atoms with E-state index < -0.39 is 5.97 Å². The van der Waals surface area contributed by atoms with Crippen molar-refractivity contribution >= 4 is 12.0 Å². The summed E-state index contributed by atoms with van der Waals surface area (Å²) in [6, 6.07) is 7.03. The molecule has 78 valence electrons. The van der Waals surface area contributed by atoms with E-state index in [0.29, 0.717) is 0 Å². The van der Waals surface area contributed by atoms with E-state index in [9.17, 15) is 9.70 Å². The lowest BCUT2D eigenvalue weighted by molar-refractivity contribution is -0.137. The van der Waals surface area contributed by atoms with Gasteiger partial charge in [0.15, 0.2) is 5.34 Å². The van der Waals surface area contributed by atoms with Crippen molar-refractivity contribution < 1.29 is 14.4 Å². The second-order valence-electron chi connectivity index (χ2n) is 2.59. The molecule has 1 aromatic rings. The van der Waals surface area contributed by atoms with Gasteiger partial charge in [0.05, 0.1) is 7.11 Å². The highest BCUT2D eigenvalue weighted by Gasteiger charge is 1.96. The summed E-state index contributed by atoms with van der Waals surface area (Å²) in [7, 11) is 1.57. The van der Waals surface area contributed by atoms with Crippen molar-refractivity contribution in [3.8, 4) is 5.75 Å². The van der Waals surface area contributed by atoms with Crippen LogP contribution in [-0.2, 0) is 9.63 Å². The van der Waals surface area contributed by atoms with E-state index in [1.165, 1.54) is 6.08 Å². The van der Waals surface area contributed by atoms with Crippen LogP contribution in [-0.4, -0.2) is 13.1 Å². The smallest absolute Gasteiger partial charge is 0.362 e. The third-order valence-electron chi connectivity index (χ3n) is 1.65. The van der Waals surface area contributed by atoms with Gasteiger partial charge in [0.2, 0.25) is 0 Å². The Kier molecular flexibility index (Phi) is 4.03. The largest absolute Gasteiger partial charge is 0.497 e. The summed E-state index contributed by atoms with van der Waals surface area (Å²) < 4.78 is 4.96. The first-order valence-electron chi connectivity index (χ1n) is 4.12. The molecule has 0 fully saturated rings. The molecule has 0 saturated heterocycles. The summed E-state index contributed by atoms with van der Waals surface area (Å²) in [5, 5.41) is 2.00. The van der Waals surface area contributed by atoms with E-state index in [0.717, 1.165) is 17.4 Å². The molecule has 0 saturated carbocycles. The summed E-state index contributed by atoms with van der Waals surface area (Å²) in [5.41, 5.74) is 0.790. The van der Waals surface area contributed by atoms with E-state index in [1.807, 2.05) is 5.34 Å². The Labute approximate surface area is 86.2 Å². The summed E-state index contributed by atoms with van der Waals surface area (Å²) in [6.45, 7) is 0. The number of hydrogen-bond acceptors (Lipinski definition) is 5. The Balaban J connectivity index is 2.64. The molecule has 0 aliphatic carbocycles. The van der Waals surface area contributed by atoms with Crippen molar-refractivity contribution in [1.29, 1.82) is 0 Å². The molecule has 0 aliphatic heterocycles. The molecule has 1 rings (SSSR count). The zero-order chi connectivity index (χ0) is 11.1. The van der Waals surface area contributed by atoms with Gasteiger partial charge in [0, 0.05) is 6.08 Å². The highest BCUT2D eigenvalue weighted by Crippen LogP contribution is 2.12. The van der Waals surface area contributed by atoms with Crippen LogP contribution in [0.1, 0.15) is 5.56 Å². The predicted octanol–water partition coefficient (Wildman–Crippen LogP) is 1.93. The Morgan fingerprint density at radius 2 is 2.00 bits per heavy atom. The quantitative estimate of drug-likeness (QED) is 0.430. The van der Waals surface area contributed by atoms with Crippen LogP contribution in [0.25, 0.3) is 6.08 Å². The van der Waals surface area contributed by atoms with Crippen LogP contribution in [0.5, 0.6) is 5.75 Å². The zero-order valence-corrected chi connectivity index (χ0v) is 8.04.